The van der Waals surface area contributed by atoms with E-state index in [-0.39, 0.29) is 11.3 Å². The molecular weight excluding hydrogens is 338 g/mol. The van der Waals surface area contributed by atoms with Crippen LogP contribution >= 0.6 is 0 Å². The van der Waals surface area contributed by atoms with Gasteiger partial charge in [0.05, 0.1) is 4.90 Å². The molecule has 0 unspecified atom stereocenters. The van der Waals surface area contributed by atoms with E-state index in [1.807, 2.05) is 26.0 Å². The van der Waals surface area contributed by atoms with Crippen LogP contribution in [0.5, 0.6) is 0 Å². The van der Waals surface area contributed by atoms with Gasteiger partial charge < -0.3 is 5.11 Å². The van der Waals surface area contributed by atoms with E-state index in [0.29, 0.717) is 11.1 Å². The molecule has 0 spiro atoms. The van der Waals surface area contributed by atoms with Crippen LogP contribution in [0, 0.1) is 27.7 Å². The minimum absolute atomic E-state index is 0.0816. The zero-order valence-corrected chi connectivity index (χ0v) is 15.6. The van der Waals surface area contributed by atoms with Crippen molar-refractivity contribution in [2.75, 3.05) is 0 Å². The number of carboxylic acids is 1. The fourth-order valence-corrected chi connectivity index (χ4v) is 4.66. The van der Waals surface area contributed by atoms with Crippen LogP contribution < -0.4 is 4.72 Å². The predicted molar refractivity (Wildman–Crippen MR) is 97.3 cm³/mol. The van der Waals surface area contributed by atoms with Gasteiger partial charge in [0.15, 0.2) is 0 Å². The van der Waals surface area contributed by atoms with E-state index >= 15 is 0 Å². The Bertz CT molecular complexity index is 863. The van der Waals surface area contributed by atoms with Gasteiger partial charge in [0, 0.05) is 0 Å². The minimum Gasteiger partial charge on any atom is -0.480 e. The molecule has 0 heterocycles. The maximum atomic E-state index is 12.9. The molecule has 0 aliphatic rings. The number of nitrogens with one attached hydrogen (secondary N) is 1. The summed E-state index contributed by atoms with van der Waals surface area (Å²) in [4.78, 5) is 11.8. The molecular formula is C19H23NO4S. The number of hydrogen-bond acceptors (Lipinski definition) is 3. The zero-order valence-electron chi connectivity index (χ0n) is 14.8. The van der Waals surface area contributed by atoms with Gasteiger partial charge in [-0.15, -0.1) is 0 Å². The van der Waals surface area contributed by atoms with Gasteiger partial charge in [0.1, 0.15) is 6.04 Å². The van der Waals surface area contributed by atoms with E-state index in [2.05, 4.69) is 4.72 Å². The smallest absolute Gasteiger partial charge is 0.322 e. The standard InChI is InChI=1S/C19H23NO4S/c1-12-10-13(2)15(4)18(14(12)3)25(23,24)20-17(19(21)22)11-16-8-6-5-7-9-16/h5-10,17,20H,11H2,1-4H3,(H,21,22)/t17-/m0/s1. The van der Waals surface area contributed by atoms with Crippen molar-refractivity contribution in [1.82, 2.24) is 4.72 Å². The number of rotatable bonds is 6. The maximum absolute atomic E-state index is 12.9. The first-order valence-corrected chi connectivity index (χ1v) is 9.48. The second-order valence-electron chi connectivity index (χ2n) is 6.29. The molecule has 134 valence electrons. The van der Waals surface area contributed by atoms with Gasteiger partial charge in [-0.05, 0) is 61.9 Å². The fraction of sp³-hybridized carbons (Fsp3) is 0.316. The van der Waals surface area contributed by atoms with Gasteiger partial charge in [0.25, 0.3) is 0 Å². The summed E-state index contributed by atoms with van der Waals surface area (Å²) in [5.74, 6) is -1.20. The van der Waals surface area contributed by atoms with Gasteiger partial charge >= 0.3 is 5.97 Å². The molecule has 2 rings (SSSR count). The van der Waals surface area contributed by atoms with E-state index in [0.717, 1.165) is 16.7 Å². The second kappa shape index (κ2) is 7.37. The average molecular weight is 361 g/mol. The molecule has 2 aromatic carbocycles. The summed E-state index contributed by atoms with van der Waals surface area (Å²) in [6, 6.07) is 9.66. The summed E-state index contributed by atoms with van der Waals surface area (Å²) in [7, 11) is -3.96. The maximum Gasteiger partial charge on any atom is 0.322 e. The molecule has 0 saturated carbocycles. The van der Waals surface area contributed by atoms with Gasteiger partial charge in [-0.25, -0.2) is 8.42 Å². The highest BCUT2D eigenvalue weighted by atomic mass is 32.2. The third kappa shape index (κ3) is 4.27. The first kappa shape index (κ1) is 19.1. The molecule has 2 N–H and O–H groups in total. The largest absolute Gasteiger partial charge is 0.480 e. The number of benzene rings is 2. The van der Waals surface area contributed by atoms with Crippen LogP contribution in [-0.4, -0.2) is 25.5 Å². The van der Waals surface area contributed by atoms with Crippen molar-refractivity contribution >= 4 is 16.0 Å². The van der Waals surface area contributed by atoms with Crippen molar-refractivity contribution < 1.29 is 18.3 Å². The fourth-order valence-electron chi connectivity index (χ4n) is 2.86. The van der Waals surface area contributed by atoms with Crippen LogP contribution in [0.2, 0.25) is 0 Å². The molecule has 0 aliphatic heterocycles. The topological polar surface area (TPSA) is 83.5 Å². The van der Waals surface area contributed by atoms with Crippen LogP contribution in [0.4, 0.5) is 0 Å². The van der Waals surface area contributed by atoms with E-state index in [9.17, 15) is 18.3 Å². The normalized spacial score (nSPS) is 12.8. The third-order valence-electron chi connectivity index (χ3n) is 4.44. The Morgan fingerprint density at radius 3 is 2.04 bits per heavy atom. The summed E-state index contributed by atoms with van der Waals surface area (Å²) < 4.78 is 28.2. The Kier molecular flexibility index (Phi) is 5.65. The molecule has 0 saturated heterocycles. The van der Waals surface area contributed by atoms with E-state index < -0.39 is 22.0 Å². The Morgan fingerprint density at radius 2 is 1.56 bits per heavy atom. The molecule has 1 atom stereocenters. The zero-order chi connectivity index (χ0) is 18.8. The van der Waals surface area contributed by atoms with Crippen molar-refractivity contribution in [3.8, 4) is 0 Å². The van der Waals surface area contributed by atoms with Crippen molar-refractivity contribution in [1.29, 1.82) is 0 Å². The lowest BCUT2D eigenvalue weighted by Crippen LogP contribution is -2.42. The van der Waals surface area contributed by atoms with Crippen LogP contribution in [0.1, 0.15) is 27.8 Å². The van der Waals surface area contributed by atoms with Crippen LogP contribution in [0.15, 0.2) is 41.3 Å². The molecule has 0 aliphatic carbocycles. The molecule has 0 fully saturated rings. The highest BCUT2D eigenvalue weighted by Crippen LogP contribution is 2.26. The molecule has 0 bridgehead atoms. The highest BCUT2D eigenvalue weighted by molar-refractivity contribution is 7.89. The minimum atomic E-state index is -3.96. The first-order chi connectivity index (χ1) is 11.6. The molecule has 0 amide bonds. The molecule has 25 heavy (non-hydrogen) atoms. The number of aryl methyl sites for hydroxylation is 2. The van der Waals surface area contributed by atoms with E-state index in [1.54, 1.807) is 38.1 Å². The van der Waals surface area contributed by atoms with E-state index in [4.69, 9.17) is 0 Å². The van der Waals surface area contributed by atoms with Crippen LogP contribution in [0.25, 0.3) is 0 Å². The first-order valence-electron chi connectivity index (χ1n) is 8.00. The summed E-state index contributed by atoms with van der Waals surface area (Å²) in [6.45, 7) is 7.17. The molecule has 0 radical (unpaired) electrons. The molecule has 5 nitrogen and oxygen atoms in total. The second-order valence-corrected chi connectivity index (χ2v) is 7.94. The van der Waals surface area contributed by atoms with Crippen molar-refractivity contribution in [2.45, 2.75) is 45.1 Å². The number of carboxylic acid groups (broad SMARTS) is 1. The predicted octanol–water partition coefficient (Wildman–Crippen LogP) is 2.89. The number of aliphatic carboxylic acids is 1. The Balaban J connectivity index is 2.41. The summed E-state index contributed by atoms with van der Waals surface area (Å²) in [6.07, 6.45) is 0.0816. The number of carbonyl (C=O) groups is 1. The van der Waals surface area contributed by atoms with Gasteiger partial charge in [-0.2, -0.15) is 4.72 Å². The Morgan fingerprint density at radius 1 is 1.04 bits per heavy atom. The van der Waals surface area contributed by atoms with E-state index in [1.165, 1.54) is 0 Å². The van der Waals surface area contributed by atoms with Crippen LogP contribution in [0.3, 0.4) is 0 Å². The summed E-state index contributed by atoms with van der Waals surface area (Å²) >= 11 is 0. The molecule has 6 heteroatoms. The lowest BCUT2D eigenvalue weighted by Gasteiger charge is -2.19. The van der Waals surface area contributed by atoms with Gasteiger partial charge in [-0.1, -0.05) is 36.4 Å². The SMILES string of the molecule is Cc1cc(C)c(C)c(S(=O)(=O)N[C@@H](Cc2ccccc2)C(=O)O)c1C. The quantitative estimate of drug-likeness (QED) is 0.829. The van der Waals surface area contributed by atoms with Crippen molar-refractivity contribution in [3.05, 3.63) is 64.2 Å². The van der Waals surface area contributed by atoms with Gasteiger partial charge in [0.2, 0.25) is 10.0 Å². The Hall–Kier alpha value is -2.18. The lowest BCUT2D eigenvalue weighted by molar-refractivity contribution is -0.138. The van der Waals surface area contributed by atoms with Crippen molar-refractivity contribution in [2.24, 2.45) is 0 Å². The molecule has 0 aromatic heterocycles. The summed E-state index contributed by atoms with van der Waals surface area (Å²) in [5, 5.41) is 9.47. The lowest BCUT2D eigenvalue weighted by atomic mass is 10.0. The molecule has 2 aromatic rings. The monoisotopic (exact) mass is 361 g/mol. The number of sulfonamides is 1. The number of hydrogen-bond donors (Lipinski definition) is 2. The van der Waals surface area contributed by atoms with Crippen LogP contribution in [-0.2, 0) is 21.2 Å². The van der Waals surface area contributed by atoms with Gasteiger partial charge in [-0.3, -0.25) is 4.79 Å². The Labute approximate surface area is 148 Å². The third-order valence-corrected chi connectivity index (χ3v) is 6.19. The highest BCUT2D eigenvalue weighted by Gasteiger charge is 2.28. The average Bonchev–Trinajstić information content (AvgIpc) is 2.53. The summed E-state index contributed by atoms with van der Waals surface area (Å²) in [5.41, 5.74) is 3.75. The van der Waals surface area contributed by atoms with Crippen molar-refractivity contribution in [3.63, 3.8) is 0 Å².